The first-order valence-electron chi connectivity index (χ1n) is 7.44. The number of pyridine rings is 3. The maximum Gasteiger partial charge on any atom is 0.151 e. The fraction of sp³-hybridized carbons (Fsp3) is 0.235. The number of halogens is 3. The van der Waals surface area contributed by atoms with E-state index in [1.165, 1.54) is 12.3 Å². The van der Waals surface area contributed by atoms with E-state index in [0.29, 0.717) is 32.7 Å². The van der Waals surface area contributed by atoms with E-state index in [0.717, 1.165) is 5.56 Å². The number of aryl methyl sites for hydroxylation is 2. The third-order valence-corrected chi connectivity index (χ3v) is 6.14. The molecule has 0 bridgehead atoms. The molecule has 0 saturated carbocycles. The molecule has 0 saturated heterocycles. The van der Waals surface area contributed by atoms with Gasteiger partial charge in [-0.3, -0.25) is 4.98 Å². The highest BCUT2D eigenvalue weighted by Gasteiger charge is 2.19. The summed E-state index contributed by atoms with van der Waals surface area (Å²) in [5.74, 6) is -0.536. The second-order valence-corrected chi connectivity index (χ2v) is 10.1. The second-order valence-electron chi connectivity index (χ2n) is 6.22. The van der Waals surface area contributed by atoms with E-state index in [2.05, 4.69) is 15.0 Å². The lowest BCUT2D eigenvalue weighted by Crippen LogP contribution is -2.09. The zero-order valence-corrected chi connectivity index (χ0v) is 16.5. The maximum atomic E-state index is 14.6. The Bertz CT molecular complexity index is 1070. The van der Waals surface area contributed by atoms with Crippen LogP contribution in [0.1, 0.15) is 11.3 Å². The van der Waals surface area contributed by atoms with Gasteiger partial charge in [-0.1, -0.05) is 23.2 Å². The quantitative estimate of drug-likeness (QED) is 0.570. The molecule has 3 aromatic heterocycles. The molecule has 0 aliphatic heterocycles. The summed E-state index contributed by atoms with van der Waals surface area (Å²) in [6.07, 6.45) is 1.48. The molecule has 0 fully saturated rings. The molecular weight excluding hydrogens is 383 g/mol. The Balaban J connectivity index is 2.26. The van der Waals surface area contributed by atoms with Crippen molar-refractivity contribution in [2.75, 3.05) is 13.3 Å². The molecule has 3 heterocycles. The number of aromatic nitrogens is 3. The number of fused-ring (bicyclic) bond motifs is 1. The number of hydrogen-bond donors (Lipinski definition) is 0. The zero-order chi connectivity index (χ0) is 18.5. The lowest BCUT2D eigenvalue weighted by Gasteiger charge is -2.12. The number of rotatable bonds is 2. The molecule has 0 aromatic carbocycles. The van der Waals surface area contributed by atoms with Crippen LogP contribution in [0.5, 0.6) is 0 Å². The van der Waals surface area contributed by atoms with Crippen LogP contribution in [0, 0.1) is 19.7 Å². The van der Waals surface area contributed by atoms with Gasteiger partial charge in [-0.2, -0.15) is 0 Å². The minimum absolute atomic E-state index is 0.106. The highest BCUT2D eigenvalue weighted by atomic mass is 35.5. The molecule has 0 aliphatic carbocycles. The Kier molecular flexibility index (Phi) is 4.61. The summed E-state index contributed by atoms with van der Waals surface area (Å²) in [5, 5.41) is 0.529. The smallest absolute Gasteiger partial charge is 0.151 e. The molecule has 8 heteroatoms. The Morgan fingerprint density at radius 1 is 1.08 bits per heavy atom. The Morgan fingerprint density at radius 3 is 2.36 bits per heavy atom. The van der Waals surface area contributed by atoms with Gasteiger partial charge in [-0.25, -0.2) is 14.4 Å². The molecule has 3 aromatic rings. The lowest BCUT2D eigenvalue weighted by atomic mass is 10.1. The molecular formula is C17H15Cl2FN3OP. The third kappa shape index (κ3) is 3.29. The second kappa shape index (κ2) is 6.31. The van der Waals surface area contributed by atoms with E-state index in [-0.39, 0.29) is 10.7 Å². The first-order chi connectivity index (χ1) is 11.6. The van der Waals surface area contributed by atoms with Gasteiger partial charge in [0.15, 0.2) is 5.82 Å². The van der Waals surface area contributed by atoms with E-state index in [9.17, 15) is 8.96 Å². The summed E-state index contributed by atoms with van der Waals surface area (Å²) in [5.41, 5.74) is 3.00. The average Bonchev–Trinajstić information content (AvgIpc) is 2.52. The van der Waals surface area contributed by atoms with Crippen LogP contribution in [-0.4, -0.2) is 28.3 Å². The molecule has 130 valence electrons. The molecule has 4 nitrogen and oxygen atoms in total. The van der Waals surface area contributed by atoms with Crippen molar-refractivity contribution in [3.63, 3.8) is 0 Å². The topological polar surface area (TPSA) is 55.7 Å². The summed E-state index contributed by atoms with van der Waals surface area (Å²) in [7, 11) is -2.50. The first-order valence-corrected chi connectivity index (χ1v) is 10.8. The Hall–Kier alpha value is -1.55. The first kappa shape index (κ1) is 18.2. The minimum Gasteiger partial charge on any atom is -0.318 e. The molecule has 0 spiro atoms. The fourth-order valence-electron chi connectivity index (χ4n) is 2.49. The van der Waals surface area contributed by atoms with Crippen molar-refractivity contribution in [3.8, 4) is 11.3 Å². The molecule has 0 radical (unpaired) electrons. The van der Waals surface area contributed by atoms with Gasteiger partial charge in [0.2, 0.25) is 0 Å². The molecule has 25 heavy (non-hydrogen) atoms. The van der Waals surface area contributed by atoms with Crippen LogP contribution in [0.4, 0.5) is 4.39 Å². The van der Waals surface area contributed by atoms with Crippen LogP contribution in [0.15, 0.2) is 18.3 Å². The maximum absolute atomic E-state index is 14.6. The SMILES string of the molecule is Cc1cc(P(C)(C)=O)ncc1-c1nc2c(Cl)c(Cl)c(C)nc2cc1F. The van der Waals surface area contributed by atoms with Gasteiger partial charge < -0.3 is 4.57 Å². The summed E-state index contributed by atoms with van der Waals surface area (Å²) in [6.45, 7) is 6.77. The summed E-state index contributed by atoms with van der Waals surface area (Å²) < 4.78 is 26.8. The minimum atomic E-state index is -2.50. The van der Waals surface area contributed by atoms with Gasteiger partial charge in [-0.05, 0) is 38.8 Å². The lowest BCUT2D eigenvalue weighted by molar-refractivity contribution is 0.588. The normalized spacial score (nSPS) is 12.0. The van der Waals surface area contributed by atoms with Crippen molar-refractivity contribution in [1.29, 1.82) is 0 Å². The van der Waals surface area contributed by atoms with Gasteiger partial charge in [0.05, 0.1) is 26.7 Å². The molecule has 0 atom stereocenters. The van der Waals surface area contributed by atoms with Crippen molar-refractivity contribution in [2.24, 2.45) is 0 Å². The fourth-order valence-corrected chi connectivity index (χ4v) is 3.74. The average molecular weight is 398 g/mol. The largest absolute Gasteiger partial charge is 0.318 e. The molecule has 3 rings (SSSR count). The van der Waals surface area contributed by atoms with Crippen molar-refractivity contribution in [2.45, 2.75) is 13.8 Å². The van der Waals surface area contributed by atoms with E-state index in [1.54, 1.807) is 33.2 Å². The van der Waals surface area contributed by atoms with Crippen LogP contribution in [-0.2, 0) is 4.57 Å². The van der Waals surface area contributed by atoms with Gasteiger partial charge in [0.25, 0.3) is 0 Å². The van der Waals surface area contributed by atoms with Crippen molar-refractivity contribution < 1.29 is 8.96 Å². The standard InChI is InChI=1S/C17H15Cl2FN3OP/c1-8-5-13(25(3,4)24)21-7-10(8)16-11(20)6-12-17(23-16)15(19)14(18)9(2)22-12/h5-7H,1-4H3. The molecule has 0 N–H and O–H groups in total. The highest BCUT2D eigenvalue weighted by Crippen LogP contribution is 2.36. The van der Waals surface area contributed by atoms with Crippen LogP contribution in [0.2, 0.25) is 10.0 Å². The van der Waals surface area contributed by atoms with Gasteiger partial charge >= 0.3 is 0 Å². The number of hydrogen-bond acceptors (Lipinski definition) is 4. The van der Waals surface area contributed by atoms with E-state index in [4.69, 9.17) is 23.2 Å². The van der Waals surface area contributed by atoms with Crippen LogP contribution >= 0.6 is 30.3 Å². The molecule has 0 amide bonds. The predicted octanol–water partition coefficient (Wildman–Crippen LogP) is 5.00. The van der Waals surface area contributed by atoms with Crippen molar-refractivity contribution >= 4 is 46.8 Å². The monoisotopic (exact) mass is 397 g/mol. The zero-order valence-electron chi connectivity index (χ0n) is 14.1. The molecule has 0 aliphatic rings. The van der Waals surface area contributed by atoms with Gasteiger partial charge in [0, 0.05) is 17.8 Å². The number of nitrogens with zero attached hydrogens (tertiary/aromatic N) is 3. The van der Waals surface area contributed by atoms with Crippen molar-refractivity contribution in [3.05, 3.63) is 45.4 Å². The van der Waals surface area contributed by atoms with Gasteiger partial charge in [-0.15, -0.1) is 0 Å². The van der Waals surface area contributed by atoms with Crippen LogP contribution in [0.3, 0.4) is 0 Å². The van der Waals surface area contributed by atoms with E-state index < -0.39 is 13.0 Å². The van der Waals surface area contributed by atoms with E-state index >= 15 is 0 Å². The highest BCUT2D eigenvalue weighted by molar-refractivity contribution is 7.69. The van der Waals surface area contributed by atoms with Gasteiger partial charge in [0.1, 0.15) is 18.4 Å². The predicted molar refractivity (Wildman–Crippen MR) is 101 cm³/mol. The summed E-state index contributed by atoms with van der Waals surface area (Å²) in [4.78, 5) is 12.8. The third-order valence-electron chi connectivity index (χ3n) is 3.87. The Morgan fingerprint density at radius 2 is 1.76 bits per heavy atom. The molecule has 0 unspecified atom stereocenters. The van der Waals surface area contributed by atoms with Crippen molar-refractivity contribution in [1.82, 2.24) is 15.0 Å². The van der Waals surface area contributed by atoms with Crippen LogP contribution in [0.25, 0.3) is 22.3 Å². The van der Waals surface area contributed by atoms with E-state index in [1.807, 2.05) is 0 Å². The summed E-state index contributed by atoms with van der Waals surface area (Å²) >= 11 is 12.4. The Labute approximate surface area is 154 Å². The van der Waals surface area contributed by atoms with Crippen LogP contribution < -0.4 is 5.44 Å². The summed E-state index contributed by atoms with van der Waals surface area (Å²) in [6, 6.07) is 2.98.